The summed E-state index contributed by atoms with van der Waals surface area (Å²) in [4.78, 5) is 16.7. The molecule has 0 saturated carbocycles. The van der Waals surface area contributed by atoms with E-state index in [-0.39, 0.29) is 16.4 Å². The standard InChI is InChI=1S/C23H18ClFN4O2/c24-22-20(14-28-29(23(22)30)15-16-5-2-1-3-6-16)26-12-17-9-10-21(27-13-17)31-19-8-4-7-18(25)11-19/h1-11,13-14,26H,12,15H2. The van der Waals surface area contributed by atoms with Gasteiger partial charge in [-0.2, -0.15) is 5.10 Å². The van der Waals surface area contributed by atoms with E-state index in [2.05, 4.69) is 15.4 Å². The number of hydrogen-bond acceptors (Lipinski definition) is 5. The van der Waals surface area contributed by atoms with Crippen molar-refractivity contribution >= 4 is 17.3 Å². The number of benzene rings is 2. The highest BCUT2D eigenvalue weighted by Gasteiger charge is 2.10. The maximum atomic E-state index is 13.2. The summed E-state index contributed by atoms with van der Waals surface area (Å²) in [5, 5.41) is 7.38. The molecule has 0 fully saturated rings. The van der Waals surface area contributed by atoms with Gasteiger partial charge in [-0.3, -0.25) is 4.79 Å². The second-order valence-electron chi connectivity index (χ2n) is 6.74. The molecule has 0 aliphatic heterocycles. The lowest BCUT2D eigenvalue weighted by molar-refractivity contribution is 0.458. The van der Waals surface area contributed by atoms with Gasteiger partial charge in [0, 0.05) is 24.9 Å². The fourth-order valence-electron chi connectivity index (χ4n) is 2.88. The first kappa shape index (κ1) is 20.6. The van der Waals surface area contributed by atoms with Gasteiger partial charge in [0.2, 0.25) is 5.88 Å². The quantitative estimate of drug-likeness (QED) is 0.447. The normalized spacial score (nSPS) is 10.6. The molecular weight excluding hydrogens is 419 g/mol. The molecule has 2 aromatic heterocycles. The fourth-order valence-corrected chi connectivity index (χ4v) is 3.09. The van der Waals surface area contributed by atoms with Crippen molar-refractivity contribution in [1.29, 1.82) is 0 Å². The summed E-state index contributed by atoms with van der Waals surface area (Å²) in [6, 6.07) is 18.9. The van der Waals surface area contributed by atoms with E-state index in [9.17, 15) is 9.18 Å². The second kappa shape index (κ2) is 9.40. The molecule has 0 radical (unpaired) electrons. The number of nitrogens with zero attached hydrogens (tertiary/aromatic N) is 3. The molecule has 2 aromatic carbocycles. The first-order valence-corrected chi connectivity index (χ1v) is 9.88. The molecule has 0 spiro atoms. The van der Waals surface area contributed by atoms with Gasteiger partial charge in [-0.25, -0.2) is 14.1 Å². The van der Waals surface area contributed by atoms with Crippen LogP contribution in [0.15, 0.2) is 83.9 Å². The van der Waals surface area contributed by atoms with Crippen LogP contribution in [-0.4, -0.2) is 14.8 Å². The predicted octanol–water partition coefficient (Wildman–Crippen LogP) is 4.88. The molecule has 0 amide bonds. The third-order valence-electron chi connectivity index (χ3n) is 4.46. The zero-order valence-corrected chi connectivity index (χ0v) is 17.1. The molecular formula is C23H18ClFN4O2. The summed E-state index contributed by atoms with van der Waals surface area (Å²) in [5.41, 5.74) is 1.88. The summed E-state index contributed by atoms with van der Waals surface area (Å²) >= 11 is 6.26. The van der Waals surface area contributed by atoms with E-state index in [0.717, 1.165) is 11.1 Å². The first-order chi connectivity index (χ1) is 15.1. The van der Waals surface area contributed by atoms with Crippen molar-refractivity contribution in [2.45, 2.75) is 13.1 Å². The molecule has 2 heterocycles. The predicted molar refractivity (Wildman–Crippen MR) is 117 cm³/mol. The van der Waals surface area contributed by atoms with E-state index in [1.165, 1.54) is 23.0 Å². The van der Waals surface area contributed by atoms with Crippen molar-refractivity contribution in [2.75, 3.05) is 5.32 Å². The largest absolute Gasteiger partial charge is 0.439 e. The van der Waals surface area contributed by atoms with Crippen molar-refractivity contribution in [3.05, 3.63) is 111 Å². The summed E-state index contributed by atoms with van der Waals surface area (Å²) in [5.74, 6) is 0.333. The van der Waals surface area contributed by atoms with E-state index in [0.29, 0.717) is 30.4 Å². The van der Waals surface area contributed by atoms with Crippen molar-refractivity contribution in [2.24, 2.45) is 0 Å². The summed E-state index contributed by atoms with van der Waals surface area (Å²) in [6.07, 6.45) is 3.15. The molecule has 0 unspecified atom stereocenters. The molecule has 0 atom stereocenters. The lowest BCUT2D eigenvalue weighted by atomic mass is 10.2. The Morgan fingerprint density at radius 1 is 1.00 bits per heavy atom. The molecule has 0 aliphatic rings. The fraction of sp³-hybridized carbons (Fsp3) is 0.0870. The number of rotatable bonds is 7. The average Bonchev–Trinajstić information content (AvgIpc) is 2.78. The highest BCUT2D eigenvalue weighted by atomic mass is 35.5. The van der Waals surface area contributed by atoms with Gasteiger partial charge < -0.3 is 10.1 Å². The molecule has 8 heteroatoms. The number of hydrogen-bond donors (Lipinski definition) is 1. The summed E-state index contributed by atoms with van der Waals surface area (Å²) in [7, 11) is 0. The maximum Gasteiger partial charge on any atom is 0.287 e. The third-order valence-corrected chi connectivity index (χ3v) is 4.82. The first-order valence-electron chi connectivity index (χ1n) is 9.50. The minimum Gasteiger partial charge on any atom is -0.439 e. The zero-order valence-electron chi connectivity index (χ0n) is 16.3. The van der Waals surface area contributed by atoms with E-state index in [1.54, 1.807) is 24.4 Å². The van der Waals surface area contributed by atoms with Crippen LogP contribution in [0.1, 0.15) is 11.1 Å². The maximum absolute atomic E-state index is 13.2. The summed E-state index contributed by atoms with van der Waals surface area (Å²) < 4.78 is 20.1. The zero-order chi connectivity index (χ0) is 21.6. The molecule has 1 N–H and O–H groups in total. The van der Waals surface area contributed by atoms with Gasteiger partial charge in [0.25, 0.3) is 5.56 Å². The van der Waals surface area contributed by atoms with Gasteiger partial charge in [0.05, 0.1) is 18.4 Å². The van der Waals surface area contributed by atoms with Crippen LogP contribution >= 0.6 is 11.6 Å². The topological polar surface area (TPSA) is 69.0 Å². The molecule has 31 heavy (non-hydrogen) atoms. The molecule has 0 saturated heterocycles. The minimum atomic E-state index is -0.380. The van der Waals surface area contributed by atoms with E-state index >= 15 is 0 Å². The third kappa shape index (κ3) is 5.26. The molecule has 6 nitrogen and oxygen atoms in total. The molecule has 4 aromatic rings. The number of aromatic nitrogens is 3. The SMILES string of the molecule is O=c1c(Cl)c(NCc2ccc(Oc3cccc(F)c3)nc2)cnn1Cc1ccccc1. The highest BCUT2D eigenvalue weighted by Crippen LogP contribution is 2.21. The molecule has 4 rings (SSSR count). The van der Waals surface area contributed by atoms with E-state index < -0.39 is 0 Å². The Bertz CT molecular complexity index is 1230. The number of pyridine rings is 1. The van der Waals surface area contributed by atoms with Gasteiger partial charge in [0.1, 0.15) is 16.6 Å². The van der Waals surface area contributed by atoms with Crippen molar-refractivity contribution < 1.29 is 9.13 Å². The number of nitrogens with one attached hydrogen (secondary N) is 1. The Labute approximate surface area is 182 Å². The molecule has 0 aliphatic carbocycles. The van der Waals surface area contributed by atoms with Crippen LogP contribution in [0, 0.1) is 5.82 Å². The van der Waals surface area contributed by atoms with Crippen molar-refractivity contribution in [3.63, 3.8) is 0 Å². The molecule has 156 valence electrons. The average molecular weight is 437 g/mol. The van der Waals surface area contributed by atoms with Crippen LogP contribution in [0.3, 0.4) is 0 Å². The number of anilines is 1. The van der Waals surface area contributed by atoms with Crippen LogP contribution in [-0.2, 0) is 13.1 Å². The van der Waals surface area contributed by atoms with Crippen molar-refractivity contribution in [3.8, 4) is 11.6 Å². The Morgan fingerprint density at radius 3 is 2.58 bits per heavy atom. The lowest BCUT2D eigenvalue weighted by Crippen LogP contribution is -2.24. The number of ether oxygens (including phenoxy) is 1. The van der Waals surface area contributed by atoms with Crippen LogP contribution in [0.25, 0.3) is 0 Å². The van der Waals surface area contributed by atoms with Gasteiger partial charge in [-0.1, -0.05) is 54.1 Å². The summed E-state index contributed by atoms with van der Waals surface area (Å²) in [6.45, 7) is 0.729. The van der Waals surface area contributed by atoms with Gasteiger partial charge in [-0.15, -0.1) is 0 Å². The van der Waals surface area contributed by atoms with Gasteiger partial charge >= 0.3 is 0 Å². The van der Waals surface area contributed by atoms with Gasteiger partial charge in [-0.05, 0) is 23.3 Å². The Balaban J connectivity index is 1.39. The van der Waals surface area contributed by atoms with Gasteiger partial charge in [0.15, 0.2) is 0 Å². The van der Waals surface area contributed by atoms with Crippen LogP contribution in [0.4, 0.5) is 10.1 Å². The highest BCUT2D eigenvalue weighted by molar-refractivity contribution is 6.32. The second-order valence-corrected chi connectivity index (χ2v) is 7.12. The van der Waals surface area contributed by atoms with Crippen LogP contribution in [0.5, 0.6) is 11.6 Å². The van der Waals surface area contributed by atoms with Crippen LogP contribution < -0.4 is 15.6 Å². The Kier molecular flexibility index (Phi) is 6.24. The Hall–Kier alpha value is -3.71. The smallest absolute Gasteiger partial charge is 0.287 e. The minimum absolute atomic E-state index is 0.0740. The van der Waals surface area contributed by atoms with Crippen LogP contribution in [0.2, 0.25) is 5.02 Å². The lowest BCUT2D eigenvalue weighted by Gasteiger charge is -2.11. The number of halogens is 2. The monoisotopic (exact) mass is 436 g/mol. The van der Waals surface area contributed by atoms with E-state index in [1.807, 2.05) is 36.4 Å². The van der Waals surface area contributed by atoms with E-state index in [4.69, 9.17) is 16.3 Å². The Morgan fingerprint density at radius 2 is 1.84 bits per heavy atom. The molecule has 0 bridgehead atoms. The van der Waals surface area contributed by atoms with Crippen molar-refractivity contribution in [1.82, 2.24) is 14.8 Å².